The molecule has 2 atom stereocenters. The van der Waals surface area contributed by atoms with Crippen LogP contribution in [0.25, 0.3) is 0 Å². The summed E-state index contributed by atoms with van der Waals surface area (Å²) in [6, 6.07) is 3.79. The second-order valence-electron chi connectivity index (χ2n) is 5.22. The normalized spacial score (nSPS) is 31.5. The molecule has 0 radical (unpaired) electrons. The lowest BCUT2D eigenvalue weighted by atomic mass is 9.85. The first-order valence-corrected chi connectivity index (χ1v) is 6.85. The predicted molar refractivity (Wildman–Crippen MR) is 74.8 cm³/mol. The summed E-state index contributed by atoms with van der Waals surface area (Å²) >= 11 is 5.29. The third kappa shape index (κ3) is 1.70. The Kier molecular flexibility index (Phi) is 2.87. The summed E-state index contributed by atoms with van der Waals surface area (Å²) < 4.78 is 5.52. The van der Waals surface area contributed by atoms with Crippen molar-refractivity contribution in [3.63, 3.8) is 0 Å². The summed E-state index contributed by atoms with van der Waals surface area (Å²) in [6.07, 6.45) is 1.65. The molecule has 0 unspecified atom stereocenters. The van der Waals surface area contributed by atoms with Crippen LogP contribution in [0.2, 0.25) is 0 Å². The highest BCUT2D eigenvalue weighted by molar-refractivity contribution is 7.80. The number of rotatable bonds is 2. The molecular formula is C13H17N3O2S. The van der Waals surface area contributed by atoms with Gasteiger partial charge in [0, 0.05) is 19.6 Å². The van der Waals surface area contributed by atoms with Crippen molar-refractivity contribution in [1.29, 1.82) is 0 Å². The SMILES string of the molecule is CCN1C(=O)[C@]2(CN(C)C[C@H]2c2ccco2)NC1=S. The van der Waals surface area contributed by atoms with Crippen molar-refractivity contribution in [3.8, 4) is 0 Å². The topological polar surface area (TPSA) is 48.7 Å². The Balaban J connectivity index is 2.02. The van der Waals surface area contributed by atoms with E-state index in [4.69, 9.17) is 16.6 Å². The van der Waals surface area contributed by atoms with Crippen LogP contribution in [0.1, 0.15) is 18.6 Å². The van der Waals surface area contributed by atoms with Gasteiger partial charge in [-0.3, -0.25) is 9.69 Å². The second-order valence-corrected chi connectivity index (χ2v) is 5.60. The zero-order valence-corrected chi connectivity index (χ0v) is 11.9. The van der Waals surface area contributed by atoms with Crippen LogP contribution in [0.5, 0.6) is 0 Å². The van der Waals surface area contributed by atoms with Crippen LogP contribution >= 0.6 is 12.2 Å². The number of thiocarbonyl (C=S) groups is 1. The molecule has 3 heterocycles. The first-order chi connectivity index (χ1) is 9.08. The van der Waals surface area contributed by atoms with Gasteiger partial charge >= 0.3 is 0 Å². The second kappa shape index (κ2) is 4.31. The lowest BCUT2D eigenvalue weighted by Crippen LogP contribution is -2.52. The van der Waals surface area contributed by atoms with Crippen molar-refractivity contribution in [2.24, 2.45) is 0 Å². The summed E-state index contributed by atoms with van der Waals surface area (Å²) in [5, 5.41) is 3.78. The molecule has 0 aliphatic carbocycles. The third-order valence-corrected chi connectivity index (χ3v) is 4.34. The number of carbonyl (C=O) groups is 1. The van der Waals surface area contributed by atoms with Gasteiger partial charge in [-0.1, -0.05) is 0 Å². The van der Waals surface area contributed by atoms with Crippen molar-refractivity contribution in [2.45, 2.75) is 18.4 Å². The minimum atomic E-state index is -0.667. The standard InChI is InChI=1S/C13H17N3O2S/c1-3-16-11(17)13(14-12(16)19)8-15(2)7-9(13)10-5-4-6-18-10/h4-6,9H,3,7-8H2,1-2H3,(H,14,19)/t9-,13+/m0/s1. The zero-order valence-electron chi connectivity index (χ0n) is 11.0. The van der Waals surface area contributed by atoms with Crippen molar-refractivity contribution in [1.82, 2.24) is 15.1 Å². The van der Waals surface area contributed by atoms with Crippen molar-refractivity contribution < 1.29 is 9.21 Å². The Morgan fingerprint density at radius 3 is 3.00 bits per heavy atom. The van der Waals surface area contributed by atoms with Crippen LogP contribution < -0.4 is 5.32 Å². The van der Waals surface area contributed by atoms with Gasteiger partial charge in [0.15, 0.2) is 5.11 Å². The van der Waals surface area contributed by atoms with Gasteiger partial charge in [-0.05, 0) is 38.3 Å². The van der Waals surface area contributed by atoms with Crippen molar-refractivity contribution in [3.05, 3.63) is 24.2 Å². The molecule has 1 aromatic rings. The molecule has 2 aliphatic heterocycles. The quantitative estimate of drug-likeness (QED) is 0.811. The summed E-state index contributed by atoms with van der Waals surface area (Å²) in [6.45, 7) is 3.97. The van der Waals surface area contributed by atoms with Crippen LogP contribution in [0.4, 0.5) is 0 Å². The van der Waals surface area contributed by atoms with Gasteiger partial charge in [-0.15, -0.1) is 0 Å². The smallest absolute Gasteiger partial charge is 0.256 e. The zero-order chi connectivity index (χ0) is 13.6. The number of hydrogen-bond acceptors (Lipinski definition) is 4. The number of nitrogens with one attached hydrogen (secondary N) is 1. The molecule has 19 heavy (non-hydrogen) atoms. The van der Waals surface area contributed by atoms with E-state index in [1.165, 1.54) is 0 Å². The Morgan fingerprint density at radius 2 is 2.42 bits per heavy atom. The van der Waals surface area contributed by atoms with Gasteiger partial charge in [-0.2, -0.15) is 0 Å². The molecule has 0 saturated carbocycles. The maximum absolute atomic E-state index is 12.7. The molecule has 1 amide bonds. The molecule has 6 heteroatoms. The fourth-order valence-corrected chi connectivity index (χ4v) is 3.56. The van der Waals surface area contributed by atoms with E-state index < -0.39 is 5.54 Å². The molecule has 2 saturated heterocycles. The molecule has 5 nitrogen and oxygen atoms in total. The highest BCUT2D eigenvalue weighted by Crippen LogP contribution is 2.39. The molecule has 2 aliphatic rings. The first-order valence-electron chi connectivity index (χ1n) is 6.44. The van der Waals surface area contributed by atoms with E-state index >= 15 is 0 Å². The van der Waals surface area contributed by atoms with E-state index in [1.807, 2.05) is 26.1 Å². The van der Waals surface area contributed by atoms with Gasteiger partial charge in [0.05, 0.1) is 12.2 Å². The Labute approximate surface area is 117 Å². The van der Waals surface area contributed by atoms with Crippen LogP contribution in [0.15, 0.2) is 22.8 Å². The van der Waals surface area contributed by atoms with Crippen molar-refractivity contribution in [2.75, 3.05) is 26.7 Å². The molecule has 0 bridgehead atoms. The monoisotopic (exact) mass is 279 g/mol. The average Bonchev–Trinajstić information content (AvgIpc) is 3.02. The lowest BCUT2D eigenvalue weighted by molar-refractivity contribution is -0.131. The van der Waals surface area contributed by atoms with Crippen molar-refractivity contribution >= 4 is 23.2 Å². The van der Waals surface area contributed by atoms with E-state index in [1.54, 1.807) is 11.2 Å². The number of likely N-dealkylation sites (N-methyl/N-ethyl adjacent to an activating group) is 2. The number of furan rings is 1. The maximum Gasteiger partial charge on any atom is 0.256 e. The molecule has 102 valence electrons. The van der Waals surface area contributed by atoms with Gasteiger partial charge in [0.1, 0.15) is 11.3 Å². The molecule has 3 rings (SSSR count). The van der Waals surface area contributed by atoms with Crippen LogP contribution in [-0.4, -0.2) is 53.0 Å². The van der Waals surface area contributed by atoms with Crippen LogP contribution in [-0.2, 0) is 4.79 Å². The minimum Gasteiger partial charge on any atom is -0.469 e. The number of nitrogens with zero attached hydrogens (tertiary/aromatic N) is 2. The molecule has 1 N–H and O–H groups in total. The number of amides is 1. The van der Waals surface area contributed by atoms with E-state index in [0.717, 1.165) is 12.3 Å². The van der Waals surface area contributed by atoms with Crippen LogP contribution in [0, 0.1) is 0 Å². The minimum absolute atomic E-state index is 0.00509. The Bertz CT molecular complexity index is 516. The lowest BCUT2D eigenvalue weighted by Gasteiger charge is -2.26. The summed E-state index contributed by atoms with van der Waals surface area (Å²) in [5.41, 5.74) is -0.667. The van der Waals surface area contributed by atoms with Crippen LogP contribution in [0.3, 0.4) is 0 Å². The average molecular weight is 279 g/mol. The van der Waals surface area contributed by atoms with E-state index in [0.29, 0.717) is 18.2 Å². The molecule has 1 aromatic heterocycles. The highest BCUT2D eigenvalue weighted by Gasteiger charge is 2.59. The predicted octanol–water partition coefficient (Wildman–Crippen LogP) is 0.784. The summed E-state index contributed by atoms with van der Waals surface area (Å²) in [5.74, 6) is 0.895. The number of carbonyl (C=O) groups excluding carboxylic acids is 1. The number of likely N-dealkylation sites (tertiary alicyclic amines) is 1. The summed E-state index contributed by atoms with van der Waals surface area (Å²) in [4.78, 5) is 16.5. The molecule has 0 aromatic carbocycles. The molecular weight excluding hydrogens is 262 g/mol. The van der Waals surface area contributed by atoms with Gasteiger partial charge in [0.2, 0.25) is 0 Å². The summed E-state index contributed by atoms with van der Waals surface area (Å²) in [7, 11) is 2.01. The Morgan fingerprint density at radius 1 is 1.63 bits per heavy atom. The Hall–Kier alpha value is -1.40. The molecule has 1 spiro atoms. The van der Waals surface area contributed by atoms with Gasteiger partial charge in [-0.25, -0.2) is 0 Å². The fraction of sp³-hybridized carbons (Fsp3) is 0.538. The largest absolute Gasteiger partial charge is 0.469 e. The first kappa shape index (κ1) is 12.6. The molecule has 2 fully saturated rings. The maximum atomic E-state index is 12.7. The highest BCUT2D eigenvalue weighted by atomic mass is 32.1. The van der Waals surface area contributed by atoms with E-state index in [9.17, 15) is 4.79 Å². The fourth-order valence-electron chi connectivity index (χ4n) is 3.17. The van der Waals surface area contributed by atoms with E-state index in [-0.39, 0.29) is 11.8 Å². The third-order valence-electron chi connectivity index (χ3n) is 4.01. The van der Waals surface area contributed by atoms with Gasteiger partial charge in [0.25, 0.3) is 5.91 Å². The van der Waals surface area contributed by atoms with Gasteiger partial charge < -0.3 is 14.6 Å². The van der Waals surface area contributed by atoms with E-state index in [2.05, 4.69) is 10.2 Å². The number of hydrogen-bond donors (Lipinski definition) is 1.